The molecule has 0 saturated carbocycles. The Labute approximate surface area is 223 Å². The maximum Gasteiger partial charge on any atom is 0.227 e. The number of hydrogen-bond acceptors (Lipinski definition) is 7. The lowest BCUT2D eigenvalue weighted by molar-refractivity contribution is -0.116. The minimum atomic E-state index is -0.385. The molecule has 0 amide bonds. The zero-order chi connectivity index (χ0) is 25.2. The van der Waals surface area contributed by atoms with Crippen LogP contribution < -0.4 is 14.8 Å². The lowest BCUT2D eigenvalue weighted by atomic mass is 9.85. The number of anilines is 1. The molecule has 36 heavy (non-hydrogen) atoms. The second-order valence-corrected chi connectivity index (χ2v) is 10.9. The SMILES string of the molecule is CCCSc1nc2n(n1)C(c1cc(Br)c(OCc3ccc(C)cc3)c(OC)c1)C1=C(CCCC1=O)N2. The Morgan fingerprint density at radius 2 is 2.03 bits per heavy atom. The standard InChI is InChI=1S/C27H29BrN4O3S/c1-4-12-36-27-30-26-29-20-6-5-7-21(33)23(20)24(32(26)31-27)18-13-19(28)25(22(14-18)34-3)35-15-17-10-8-16(2)9-11-17/h8-11,13-14,24H,4-7,12,15H2,1-3H3,(H,29,30,31). The van der Waals surface area contributed by atoms with Crippen molar-refractivity contribution >= 4 is 39.4 Å². The van der Waals surface area contributed by atoms with E-state index >= 15 is 0 Å². The highest BCUT2D eigenvalue weighted by molar-refractivity contribution is 9.10. The summed E-state index contributed by atoms with van der Waals surface area (Å²) in [5.41, 5.74) is 4.87. The Kier molecular flexibility index (Phi) is 7.39. The molecule has 3 aromatic rings. The van der Waals surface area contributed by atoms with Gasteiger partial charge in [-0.3, -0.25) is 4.79 Å². The molecule has 1 aromatic heterocycles. The molecule has 0 fully saturated rings. The molecule has 2 aromatic carbocycles. The van der Waals surface area contributed by atoms with Crippen LogP contribution in [0.3, 0.4) is 0 Å². The summed E-state index contributed by atoms with van der Waals surface area (Å²) < 4.78 is 14.5. The van der Waals surface area contributed by atoms with Crippen LogP contribution in [0.15, 0.2) is 57.3 Å². The molecule has 0 radical (unpaired) electrons. The molecule has 0 saturated heterocycles. The number of rotatable bonds is 8. The number of carbonyl (C=O) groups excluding carboxylic acids is 1. The van der Waals surface area contributed by atoms with Crippen molar-refractivity contribution < 1.29 is 14.3 Å². The number of benzene rings is 2. The fourth-order valence-electron chi connectivity index (χ4n) is 4.58. The number of nitrogens with zero attached hydrogens (tertiary/aromatic N) is 3. The minimum absolute atomic E-state index is 0.146. The van der Waals surface area contributed by atoms with Crippen LogP contribution in [0.25, 0.3) is 0 Å². The average molecular weight is 570 g/mol. The van der Waals surface area contributed by atoms with Crippen LogP contribution in [0.4, 0.5) is 5.95 Å². The summed E-state index contributed by atoms with van der Waals surface area (Å²) in [5.74, 6) is 2.97. The third-order valence-corrected chi connectivity index (χ3v) is 7.99. The number of ether oxygens (including phenoxy) is 2. The quantitative estimate of drug-likeness (QED) is 0.312. The predicted octanol–water partition coefficient (Wildman–Crippen LogP) is 6.46. The number of ketones is 1. The van der Waals surface area contributed by atoms with E-state index in [-0.39, 0.29) is 11.8 Å². The van der Waals surface area contributed by atoms with Gasteiger partial charge in [0.05, 0.1) is 11.6 Å². The van der Waals surface area contributed by atoms with E-state index in [9.17, 15) is 4.79 Å². The van der Waals surface area contributed by atoms with Gasteiger partial charge in [-0.05, 0) is 65.4 Å². The van der Waals surface area contributed by atoms with Crippen molar-refractivity contribution in [3.63, 3.8) is 0 Å². The highest BCUT2D eigenvalue weighted by atomic mass is 79.9. The third kappa shape index (κ3) is 4.91. The Morgan fingerprint density at radius 3 is 2.78 bits per heavy atom. The number of fused-ring (bicyclic) bond motifs is 1. The molecule has 1 N–H and O–H groups in total. The van der Waals surface area contributed by atoms with Crippen molar-refractivity contribution in [3.8, 4) is 11.5 Å². The molecule has 1 aliphatic heterocycles. The van der Waals surface area contributed by atoms with Gasteiger partial charge >= 0.3 is 0 Å². The van der Waals surface area contributed by atoms with Crippen molar-refractivity contribution in [3.05, 3.63) is 68.8 Å². The van der Waals surface area contributed by atoms with Crippen molar-refractivity contribution in [2.45, 2.75) is 57.3 Å². The van der Waals surface area contributed by atoms with E-state index in [1.165, 1.54) is 5.56 Å². The highest BCUT2D eigenvalue weighted by Crippen LogP contribution is 2.45. The van der Waals surface area contributed by atoms with Crippen LogP contribution in [-0.2, 0) is 11.4 Å². The van der Waals surface area contributed by atoms with E-state index in [0.29, 0.717) is 35.6 Å². The molecule has 9 heteroatoms. The molecule has 1 aliphatic carbocycles. The van der Waals surface area contributed by atoms with Gasteiger partial charge in [-0.2, -0.15) is 4.98 Å². The first-order valence-electron chi connectivity index (χ1n) is 12.2. The Balaban J connectivity index is 1.53. The number of allylic oxidation sites excluding steroid dienone is 2. The lowest BCUT2D eigenvalue weighted by Gasteiger charge is -2.32. The first-order valence-corrected chi connectivity index (χ1v) is 13.9. The van der Waals surface area contributed by atoms with Crippen LogP contribution in [-0.4, -0.2) is 33.4 Å². The summed E-state index contributed by atoms with van der Waals surface area (Å²) in [5, 5.41) is 8.89. The average Bonchev–Trinajstić information content (AvgIpc) is 3.28. The van der Waals surface area contributed by atoms with E-state index in [0.717, 1.165) is 51.9 Å². The van der Waals surface area contributed by atoms with Gasteiger partial charge in [-0.25, -0.2) is 4.68 Å². The zero-order valence-corrected chi connectivity index (χ0v) is 23.0. The Morgan fingerprint density at radius 1 is 1.22 bits per heavy atom. The van der Waals surface area contributed by atoms with E-state index in [1.54, 1.807) is 18.9 Å². The van der Waals surface area contributed by atoms with E-state index < -0.39 is 0 Å². The monoisotopic (exact) mass is 568 g/mol. The predicted molar refractivity (Wildman–Crippen MR) is 145 cm³/mol. The number of carbonyl (C=O) groups is 1. The largest absolute Gasteiger partial charge is 0.493 e. The fraction of sp³-hybridized carbons (Fsp3) is 0.370. The van der Waals surface area contributed by atoms with Crippen molar-refractivity contribution in [1.29, 1.82) is 0 Å². The lowest BCUT2D eigenvalue weighted by Crippen LogP contribution is -2.31. The Hall–Kier alpha value is -2.78. The molecule has 2 heterocycles. The summed E-state index contributed by atoms with van der Waals surface area (Å²) in [6.07, 6.45) is 3.22. The van der Waals surface area contributed by atoms with Gasteiger partial charge in [-0.1, -0.05) is 48.5 Å². The summed E-state index contributed by atoms with van der Waals surface area (Å²) in [4.78, 5) is 17.9. The van der Waals surface area contributed by atoms with E-state index in [2.05, 4.69) is 59.4 Å². The van der Waals surface area contributed by atoms with Gasteiger partial charge in [0.1, 0.15) is 12.6 Å². The van der Waals surface area contributed by atoms with Crippen molar-refractivity contribution in [2.75, 3.05) is 18.2 Å². The first-order chi connectivity index (χ1) is 17.5. The van der Waals surface area contributed by atoms with Gasteiger partial charge in [0, 0.05) is 23.4 Å². The molecule has 188 valence electrons. The number of aryl methyl sites for hydroxylation is 1. The molecule has 5 rings (SSSR count). The molecule has 7 nitrogen and oxygen atoms in total. The van der Waals surface area contributed by atoms with Crippen molar-refractivity contribution in [2.24, 2.45) is 0 Å². The first kappa shape index (κ1) is 24.9. The van der Waals surface area contributed by atoms with Gasteiger partial charge in [-0.15, -0.1) is 5.10 Å². The highest BCUT2D eigenvalue weighted by Gasteiger charge is 2.37. The normalized spacial score (nSPS) is 16.9. The maximum atomic E-state index is 13.2. The smallest absolute Gasteiger partial charge is 0.227 e. The van der Waals surface area contributed by atoms with Gasteiger partial charge in [0.2, 0.25) is 11.1 Å². The molecular weight excluding hydrogens is 540 g/mol. The molecule has 0 spiro atoms. The van der Waals surface area contributed by atoms with E-state index in [4.69, 9.17) is 19.6 Å². The number of nitrogens with one attached hydrogen (secondary N) is 1. The van der Waals surface area contributed by atoms with Gasteiger partial charge in [0.25, 0.3) is 0 Å². The number of hydrogen-bond donors (Lipinski definition) is 1. The number of methoxy groups -OCH3 is 1. The summed E-state index contributed by atoms with van der Waals surface area (Å²) in [7, 11) is 1.63. The molecule has 0 bridgehead atoms. The topological polar surface area (TPSA) is 78.3 Å². The second-order valence-electron chi connectivity index (χ2n) is 9.02. The third-order valence-electron chi connectivity index (χ3n) is 6.36. The van der Waals surface area contributed by atoms with Crippen LogP contribution in [0.5, 0.6) is 11.5 Å². The zero-order valence-electron chi connectivity index (χ0n) is 20.6. The number of thioether (sulfide) groups is 1. The number of halogens is 1. The molecule has 1 unspecified atom stereocenters. The van der Waals surface area contributed by atoms with Crippen LogP contribution in [0.1, 0.15) is 55.3 Å². The molecule has 1 atom stereocenters. The summed E-state index contributed by atoms with van der Waals surface area (Å²) in [6.45, 7) is 4.61. The Bertz CT molecular complexity index is 1320. The molecule has 2 aliphatic rings. The van der Waals surface area contributed by atoms with E-state index in [1.807, 2.05) is 16.8 Å². The second kappa shape index (κ2) is 10.7. The van der Waals surface area contributed by atoms with Crippen LogP contribution in [0.2, 0.25) is 0 Å². The van der Waals surface area contributed by atoms with Crippen LogP contribution in [0, 0.1) is 6.92 Å². The minimum Gasteiger partial charge on any atom is -0.493 e. The number of aromatic nitrogens is 3. The van der Waals surface area contributed by atoms with Crippen LogP contribution >= 0.6 is 27.7 Å². The summed E-state index contributed by atoms with van der Waals surface area (Å²) in [6, 6.07) is 11.8. The molecular formula is C27H29BrN4O3S. The number of Topliss-reactive ketones (excluding diaryl/α,β-unsaturated/α-hetero) is 1. The fourth-order valence-corrected chi connectivity index (χ4v) is 5.83. The van der Waals surface area contributed by atoms with Gasteiger partial charge in [0.15, 0.2) is 17.3 Å². The maximum absolute atomic E-state index is 13.2. The van der Waals surface area contributed by atoms with Crippen molar-refractivity contribution in [1.82, 2.24) is 14.8 Å². The van der Waals surface area contributed by atoms with Gasteiger partial charge < -0.3 is 14.8 Å². The summed E-state index contributed by atoms with van der Waals surface area (Å²) >= 11 is 5.33.